The SMILES string of the molecule is CCOC(=O)CC[C@H](NC1CCCC1)C(=O)OCC. The summed E-state index contributed by atoms with van der Waals surface area (Å²) in [7, 11) is 0. The number of ether oxygens (including phenoxy) is 2. The third-order valence-electron chi connectivity index (χ3n) is 3.31. The first-order valence-electron chi connectivity index (χ1n) is 7.25. The summed E-state index contributed by atoms with van der Waals surface area (Å²) in [6.07, 6.45) is 5.27. The second-order valence-corrected chi connectivity index (χ2v) is 4.80. The van der Waals surface area contributed by atoms with Gasteiger partial charge in [0.1, 0.15) is 6.04 Å². The Hall–Kier alpha value is -1.10. The Balaban J connectivity index is 2.43. The summed E-state index contributed by atoms with van der Waals surface area (Å²) in [4.78, 5) is 23.2. The van der Waals surface area contributed by atoms with Gasteiger partial charge in [-0.2, -0.15) is 0 Å². The molecule has 0 aliphatic heterocycles. The zero-order valence-electron chi connectivity index (χ0n) is 11.9. The molecule has 0 bridgehead atoms. The molecule has 1 aliphatic carbocycles. The van der Waals surface area contributed by atoms with Gasteiger partial charge < -0.3 is 14.8 Å². The van der Waals surface area contributed by atoms with E-state index < -0.39 is 6.04 Å². The van der Waals surface area contributed by atoms with Crippen LogP contribution in [0.1, 0.15) is 52.4 Å². The summed E-state index contributed by atoms with van der Waals surface area (Å²) in [6.45, 7) is 4.30. The van der Waals surface area contributed by atoms with Crippen LogP contribution in [0.25, 0.3) is 0 Å². The highest BCUT2D eigenvalue weighted by Gasteiger charge is 2.25. The van der Waals surface area contributed by atoms with Gasteiger partial charge in [0.05, 0.1) is 13.2 Å². The van der Waals surface area contributed by atoms with Gasteiger partial charge in [-0.25, -0.2) is 0 Å². The zero-order valence-corrected chi connectivity index (χ0v) is 11.9. The van der Waals surface area contributed by atoms with Crippen LogP contribution in [-0.2, 0) is 19.1 Å². The molecule has 0 unspecified atom stereocenters. The van der Waals surface area contributed by atoms with E-state index in [2.05, 4.69) is 5.32 Å². The largest absolute Gasteiger partial charge is 0.466 e. The molecule has 1 N–H and O–H groups in total. The number of esters is 2. The quantitative estimate of drug-likeness (QED) is 0.682. The number of hydrogen-bond donors (Lipinski definition) is 1. The molecule has 1 atom stereocenters. The van der Waals surface area contributed by atoms with Crippen molar-refractivity contribution < 1.29 is 19.1 Å². The minimum Gasteiger partial charge on any atom is -0.466 e. The summed E-state index contributed by atoms with van der Waals surface area (Å²) >= 11 is 0. The minimum atomic E-state index is -0.396. The molecule has 0 saturated heterocycles. The monoisotopic (exact) mass is 271 g/mol. The van der Waals surface area contributed by atoms with Crippen molar-refractivity contribution in [3.63, 3.8) is 0 Å². The molecule has 1 saturated carbocycles. The van der Waals surface area contributed by atoms with Crippen LogP contribution in [0.5, 0.6) is 0 Å². The van der Waals surface area contributed by atoms with E-state index in [1.54, 1.807) is 13.8 Å². The molecule has 0 spiro atoms. The molecule has 0 amide bonds. The van der Waals surface area contributed by atoms with E-state index in [1.807, 2.05) is 0 Å². The average Bonchev–Trinajstić information content (AvgIpc) is 2.88. The lowest BCUT2D eigenvalue weighted by Gasteiger charge is -2.21. The molecule has 1 fully saturated rings. The van der Waals surface area contributed by atoms with Crippen molar-refractivity contribution in [1.29, 1.82) is 0 Å². The predicted octanol–water partition coefficient (Wildman–Crippen LogP) is 1.79. The fourth-order valence-corrected chi connectivity index (χ4v) is 2.38. The maximum absolute atomic E-state index is 11.9. The Morgan fingerprint density at radius 3 is 2.37 bits per heavy atom. The first kappa shape index (κ1) is 16.0. The first-order valence-corrected chi connectivity index (χ1v) is 7.25. The fourth-order valence-electron chi connectivity index (χ4n) is 2.38. The molecule has 0 radical (unpaired) electrons. The molecular formula is C14H25NO4. The lowest BCUT2D eigenvalue weighted by atomic mass is 10.1. The smallest absolute Gasteiger partial charge is 0.323 e. The molecule has 5 nitrogen and oxygen atoms in total. The first-order chi connectivity index (χ1) is 9.17. The Morgan fingerprint density at radius 2 is 1.79 bits per heavy atom. The summed E-state index contributed by atoms with van der Waals surface area (Å²) in [5, 5.41) is 3.32. The van der Waals surface area contributed by atoms with Crippen LogP contribution in [0, 0.1) is 0 Å². The van der Waals surface area contributed by atoms with Crippen molar-refractivity contribution >= 4 is 11.9 Å². The zero-order chi connectivity index (χ0) is 14.1. The van der Waals surface area contributed by atoms with Crippen molar-refractivity contribution in [3.8, 4) is 0 Å². The van der Waals surface area contributed by atoms with Gasteiger partial charge in [-0.05, 0) is 33.1 Å². The van der Waals surface area contributed by atoms with E-state index in [-0.39, 0.29) is 18.4 Å². The van der Waals surface area contributed by atoms with Crippen LogP contribution in [0.4, 0.5) is 0 Å². The Labute approximate surface area is 115 Å². The highest BCUT2D eigenvalue weighted by molar-refractivity contribution is 5.77. The van der Waals surface area contributed by atoms with Crippen molar-refractivity contribution in [2.75, 3.05) is 13.2 Å². The normalized spacial score (nSPS) is 17.2. The van der Waals surface area contributed by atoms with Crippen LogP contribution >= 0.6 is 0 Å². The predicted molar refractivity (Wildman–Crippen MR) is 71.7 cm³/mol. The van der Waals surface area contributed by atoms with Gasteiger partial charge in [0.15, 0.2) is 0 Å². The molecule has 1 rings (SSSR count). The molecule has 5 heteroatoms. The van der Waals surface area contributed by atoms with Gasteiger partial charge in [-0.1, -0.05) is 12.8 Å². The molecule has 0 heterocycles. The highest BCUT2D eigenvalue weighted by atomic mass is 16.5. The summed E-state index contributed by atoms with van der Waals surface area (Å²) in [5.74, 6) is -0.524. The molecule has 0 aromatic heterocycles. The second kappa shape index (κ2) is 8.91. The van der Waals surface area contributed by atoms with E-state index in [1.165, 1.54) is 12.8 Å². The average molecular weight is 271 g/mol. The topological polar surface area (TPSA) is 64.6 Å². The van der Waals surface area contributed by atoms with E-state index in [0.717, 1.165) is 12.8 Å². The van der Waals surface area contributed by atoms with Crippen molar-refractivity contribution in [1.82, 2.24) is 5.32 Å². The second-order valence-electron chi connectivity index (χ2n) is 4.80. The van der Waals surface area contributed by atoms with Gasteiger partial charge in [0, 0.05) is 12.5 Å². The molecule has 0 aromatic rings. The van der Waals surface area contributed by atoms with Gasteiger partial charge in [-0.15, -0.1) is 0 Å². The van der Waals surface area contributed by atoms with Crippen LogP contribution in [-0.4, -0.2) is 37.2 Å². The Bertz CT molecular complexity index is 287. The van der Waals surface area contributed by atoms with Crippen LogP contribution in [0.15, 0.2) is 0 Å². The summed E-state index contributed by atoms with van der Waals surface area (Å²) in [5.41, 5.74) is 0. The van der Waals surface area contributed by atoms with Gasteiger partial charge in [0.2, 0.25) is 0 Å². The lowest BCUT2D eigenvalue weighted by Crippen LogP contribution is -2.43. The molecule has 19 heavy (non-hydrogen) atoms. The number of carbonyl (C=O) groups is 2. The number of carbonyl (C=O) groups excluding carboxylic acids is 2. The molecule has 0 aromatic carbocycles. The van der Waals surface area contributed by atoms with Crippen molar-refractivity contribution in [2.24, 2.45) is 0 Å². The Kier molecular flexibility index (Phi) is 7.48. The molecule has 110 valence electrons. The van der Waals surface area contributed by atoms with E-state index in [4.69, 9.17) is 9.47 Å². The Morgan fingerprint density at radius 1 is 1.16 bits per heavy atom. The maximum Gasteiger partial charge on any atom is 0.323 e. The number of rotatable bonds is 8. The maximum atomic E-state index is 11.9. The third kappa shape index (κ3) is 6.05. The van der Waals surface area contributed by atoms with Crippen LogP contribution in [0.2, 0.25) is 0 Å². The van der Waals surface area contributed by atoms with Gasteiger partial charge in [-0.3, -0.25) is 9.59 Å². The van der Waals surface area contributed by atoms with E-state index in [9.17, 15) is 9.59 Å². The van der Waals surface area contributed by atoms with Crippen molar-refractivity contribution in [3.05, 3.63) is 0 Å². The fraction of sp³-hybridized carbons (Fsp3) is 0.857. The molecule has 1 aliphatic rings. The standard InChI is InChI=1S/C14H25NO4/c1-3-18-13(16)10-9-12(14(17)19-4-2)15-11-7-5-6-8-11/h11-12,15H,3-10H2,1-2H3/t12-/m0/s1. The third-order valence-corrected chi connectivity index (χ3v) is 3.31. The number of hydrogen-bond acceptors (Lipinski definition) is 5. The van der Waals surface area contributed by atoms with Gasteiger partial charge in [0.25, 0.3) is 0 Å². The lowest BCUT2D eigenvalue weighted by molar-refractivity contribution is -0.147. The van der Waals surface area contributed by atoms with Crippen LogP contribution < -0.4 is 5.32 Å². The summed E-state index contributed by atoms with van der Waals surface area (Å²) < 4.78 is 9.94. The highest BCUT2D eigenvalue weighted by Crippen LogP contribution is 2.19. The van der Waals surface area contributed by atoms with E-state index >= 15 is 0 Å². The van der Waals surface area contributed by atoms with E-state index in [0.29, 0.717) is 25.7 Å². The minimum absolute atomic E-state index is 0.247. The van der Waals surface area contributed by atoms with Crippen molar-refractivity contribution in [2.45, 2.75) is 64.5 Å². The summed E-state index contributed by atoms with van der Waals surface area (Å²) in [6, 6.07) is -0.0240. The number of nitrogens with one attached hydrogen (secondary N) is 1. The van der Waals surface area contributed by atoms with Gasteiger partial charge >= 0.3 is 11.9 Å². The van der Waals surface area contributed by atoms with Crippen LogP contribution in [0.3, 0.4) is 0 Å². The molecular weight excluding hydrogens is 246 g/mol.